The van der Waals surface area contributed by atoms with Gasteiger partial charge in [0.1, 0.15) is 11.5 Å². The molecule has 0 aliphatic carbocycles. The molecule has 0 saturated heterocycles. The molecule has 8 nitrogen and oxygen atoms in total. The Balaban J connectivity index is 1.41. The van der Waals surface area contributed by atoms with Gasteiger partial charge in [-0.3, -0.25) is 14.9 Å². The molecule has 2 aromatic heterocycles. The molecule has 0 radical (unpaired) electrons. The number of non-ortho nitro benzene ring substituents is 1. The first-order valence-electron chi connectivity index (χ1n) is 10.6. The average molecular weight is 474 g/mol. The van der Waals surface area contributed by atoms with Crippen molar-refractivity contribution in [1.82, 2.24) is 9.38 Å². The van der Waals surface area contributed by atoms with Gasteiger partial charge < -0.3 is 9.47 Å². The molecular formula is C25H19N3O5S. The molecular weight excluding hydrogens is 454 g/mol. The zero-order chi connectivity index (χ0) is 23.5. The van der Waals surface area contributed by atoms with Gasteiger partial charge in [0.15, 0.2) is 4.96 Å². The molecule has 0 N–H and O–H groups in total. The van der Waals surface area contributed by atoms with Gasteiger partial charge in [-0.05, 0) is 36.4 Å². The first-order valence-corrected chi connectivity index (χ1v) is 11.4. The van der Waals surface area contributed by atoms with Gasteiger partial charge in [-0.25, -0.2) is 9.38 Å². The van der Waals surface area contributed by atoms with Crippen LogP contribution < -0.4 is 19.6 Å². The quantitative estimate of drug-likeness (QED) is 0.190. The first-order chi connectivity index (χ1) is 16.6. The number of hydrogen-bond acceptors (Lipinski definition) is 7. The van der Waals surface area contributed by atoms with Gasteiger partial charge in [0.25, 0.3) is 11.2 Å². The predicted octanol–water partition coefficient (Wildman–Crippen LogP) is 4.21. The van der Waals surface area contributed by atoms with Crippen molar-refractivity contribution in [2.75, 3.05) is 13.2 Å². The molecule has 9 heteroatoms. The maximum atomic E-state index is 13.1. The standard InChI is InChI=1S/C25H19N3O5S/c29-24-23(34-25-26-20-9-4-5-10-21(20)27(24)25)16-17-15-18(28(30)31)11-12-22(17)33-14-6-13-32-19-7-2-1-3-8-19/h1-5,7-12,15-16H,6,13-14H2. The van der Waals surface area contributed by atoms with E-state index in [0.717, 1.165) is 16.8 Å². The van der Waals surface area contributed by atoms with Crippen molar-refractivity contribution in [3.63, 3.8) is 0 Å². The molecule has 34 heavy (non-hydrogen) atoms. The number of thiazole rings is 1. The molecule has 170 valence electrons. The van der Waals surface area contributed by atoms with Crippen LogP contribution in [0.3, 0.4) is 0 Å². The molecule has 0 unspecified atom stereocenters. The zero-order valence-corrected chi connectivity index (χ0v) is 18.7. The predicted molar refractivity (Wildman–Crippen MR) is 131 cm³/mol. The van der Waals surface area contributed by atoms with Crippen molar-refractivity contribution >= 4 is 39.1 Å². The minimum Gasteiger partial charge on any atom is -0.493 e. The van der Waals surface area contributed by atoms with Crippen LogP contribution in [0.1, 0.15) is 12.0 Å². The second-order valence-electron chi connectivity index (χ2n) is 7.48. The van der Waals surface area contributed by atoms with Gasteiger partial charge in [0, 0.05) is 24.1 Å². The third-order valence-corrected chi connectivity index (χ3v) is 6.16. The Hall–Kier alpha value is -4.24. The van der Waals surface area contributed by atoms with E-state index in [1.165, 1.54) is 23.5 Å². The number of hydrogen-bond donors (Lipinski definition) is 0. The summed E-state index contributed by atoms with van der Waals surface area (Å²) in [5.74, 6) is 1.24. The molecule has 2 heterocycles. The highest BCUT2D eigenvalue weighted by molar-refractivity contribution is 7.15. The van der Waals surface area contributed by atoms with Crippen molar-refractivity contribution in [2.45, 2.75) is 6.42 Å². The van der Waals surface area contributed by atoms with E-state index in [1.807, 2.05) is 54.6 Å². The van der Waals surface area contributed by atoms with E-state index in [1.54, 1.807) is 16.5 Å². The first kappa shape index (κ1) is 21.6. The third-order valence-electron chi connectivity index (χ3n) is 5.19. The van der Waals surface area contributed by atoms with E-state index in [9.17, 15) is 14.9 Å². The van der Waals surface area contributed by atoms with Gasteiger partial charge in [-0.1, -0.05) is 41.7 Å². The maximum Gasteiger partial charge on any atom is 0.274 e. The minimum atomic E-state index is -0.471. The highest BCUT2D eigenvalue weighted by Crippen LogP contribution is 2.25. The van der Waals surface area contributed by atoms with Crippen LogP contribution in [0, 0.1) is 10.1 Å². The van der Waals surface area contributed by atoms with Crippen molar-refractivity contribution in [3.8, 4) is 11.5 Å². The Morgan fingerprint density at radius 1 is 1.00 bits per heavy atom. The van der Waals surface area contributed by atoms with E-state index in [0.29, 0.717) is 40.4 Å². The van der Waals surface area contributed by atoms with Crippen molar-refractivity contribution in [2.24, 2.45) is 0 Å². The van der Waals surface area contributed by atoms with Crippen LogP contribution in [0.5, 0.6) is 11.5 Å². The highest BCUT2D eigenvalue weighted by atomic mass is 32.1. The average Bonchev–Trinajstić information content (AvgIpc) is 3.36. The van der Waals surface area contributed by atoms with E-state index in [4.69, 9.17) is 9.47 Å². The summed E-state index contributed by atoms with van der Waals surface area (Å²) in [5.41, 5.74) is 1.64. The van der Waals surface area contributed by atoms with E-state index in [-0.39, 0.29) is 11.2 Å². The summed E-state index contributed by atoms with van der Waals surface area (Å²) in [6.45, 7) is 0.823. The summed E-state index contributed by atoms with van der Waals surface area (Å²) in [4.78, 5) is 29.0. The second-order valence-corrected chi connectivity index (χ2v) is 8.49. The number of para-hydroxylation sites is 3. The molecule has 3 aromatic carbocycles. The lowest BCUT2D eigenvalue weighted by Crippen LogP contribution is -2.22. The highest BCUT2D eigenvalue weighted by Gasteiger charge is 2.14. The van der Waals surface area contributed by atoms with Crippen LogP contribution in [0.4, 0.5) is 5.69 Å². The largest absolute Gasteiger partial charge is 0.493 e. The zero-order valence-electron chi connectivity index (χ0n) is 17.9. The van der Waals surface area contributed by atoms with Crippen molar-refractivity contribution < 1.29 is 14.4 Å². The molecule has 0 saturated carbocycles. The van der Waals surface area contributed by atoms with Crippen molar-refractivity contribution in [1.29, 1.82) is 0 Å². The van der Waals surface area contributed by atoms with E-state index < -0.39 is 4.92 Å². The molecule has 0 fully saturated rings. The molecule has 0 amide bonds. The molecule has 0 aliphatic rings. The number of nitro groups is 1. The number of rotatable bonds is 8. The Morgan fingerprint density at radius 2 is 1.76 bits per heavy atom. The summed E-state index contributed by atoms with van der Waals surface area (Å²) in [6.07, 6.45) is 2.25. The second kappa shape index (κ2) is 9.32. The fourth-order valence-electron chi connectivity index (χ4n) is 3.59. The Bertz CT molecular complexity index is 1590. The van der Waals surface area contributed by atoms with Crippen LogP contribution >= 0.6 is 11.3 Å². The fraction of sp³-hybridized carbons (Fsp3) is 0.120. The lowest BCUT2D eigenvalue weighted by molar-refractivity contribution is -0.384. The molecule has 0 aliphatic heterocycles. The van der Waals surface area contributed by atoms with Gasteiger partial charge in [-0.15, -0.1) is 0 Å². The van der Waals surface area contributed by atoms with E-state index >= 15 is 0 Å². The summed E-state index contributed by atoms with van der Waals surface area (Å²) >= 11 is 1.24. The third kappa shape index (κ3) is 4.33. The lowest BCUT2D eigenvalue weighted by Gasteiger charge is -2.10. The van der Waals surface area contributed by atoms with Gasteiger partial charge in [0.05, 0.1) is 33.7 Å². The maximum absolute atomic E-state index is 13.1. The van der Waals surface area contributed by atoms with Crippen LogP contribution in [-0.4, -0.2) is 27.5 Å². The van der Waals surface area contributed by atoms with Crippen molar-refractivity contribution in [3.05, 3.63) is 103 Å². The molecule has 0 atom stereocenters. The summed E-state index contributed by atoms with van der Waals surface area (Å²) in [5, 5.41) is 11.3. The lowest BCUT2D eigenvalue weighted by atomic mass is 10.1. The number of fused-ring (bicyclic) bond motifs is 3. The Morgan fingerprint density at radius 3 is 2.59 bits per heavy atom. The number of imidazole rings is 1. The SMILES string of the molecule is O=c1c(=Cc2cc([N+](=O)[O-])ccc2OCCCOc2ccccc2)sc2nc3ccccc3n12. The number of benzene rings is 3. The van der Waals surface area contributed by atoms with Gasteiger partial charge in [-0.2, -0.15) is 0 Å². The number of nitro benzene ring substituents is 1. The Labute approximate surface area is 197 Å². The summed E-state index contributed by atoms with van der Waals surface area (Å²) < 4.78 is 13.5. The smallest absolute Gasteiger partial charge is 0.274 e. The monoisotopic (exact) mass is 473 g/mol. The summed E-state index contributed by atoms with van der Waals surface area (Å²) in [7, 11) is 0. The fourth-order valence-corrected chi connectivity index (χ4v) is 4.57. The summed E-state index contributed by atoms with van der Waals surface area (Å²) in [6, 6.07) is 21.3. The molecule has 5 rings (SSSR count). The molecule has 0 bridgehead atoms. The van der Waals surface area contributed by atoms with Crippen LogP contribution in [-0.2, 0) is 0 Å². The van der Waals surface area contributed by atoms with Gasteiger partial charge >= 0.3 is 0 Å². The van der Waals surface area contributed by atoms with E-state index in [2.05, 4.69) is 4.98 Å². The number of nitrogens with zero attached hydrogens (tertiary/aromatic N) is 3. The topological polar surface area (TPSA) is 96.0 Å². The minimum absolute atomic E-state index is 0.0785. The van der Waals surface area contributed by atoms with Gasteiger partial charge in [0.2, 0.25) is 0 Å². The van der Waals surface area contributed by atoms with Crippen LogP contribution in [0.15, 0.2) is 77.6 Å². The van der Waals surface area contributed by atoms with Crippen LogP contribution in [0.25, 0.3) is 22.1 Å². The number of aromatic nitrogens is 2. The van der Waals surface area contributed by atoms with Crippen LogP contribution in [0.2, 0.25) is 0 Å². The molecule has 0 spiro atoms. The number of ether oxygens (including phenoxy) is 2. The normalized spacial score (nSPS) is 11.8. The Kier molecular flexibility index (Phi) is 5.92. The molecule has 5 aromatic rings.